The third kappa shape index (κ3) is 2.74. The summed E-state index contributed by atoms with van der Waals surface area (Å²) in [6.07, 6.45) is 1.80. The van der Waals surface area contributed by atoms with Crippen molar-refractivity contribution < 1.29 is 0 Å². The van der Waals surface area contributed by atoms with Crippen molar-refractivity contribution in [3.05, 3.63) is 34.4 Å². The minimum Gasteiger partial charge on any atom is -0.377 e. The summed E-state index contributed by atoms with van der Waals surface area (Å²) in [6.45, 7) is 2.83. The van der Waals surface area contributed by atoms with Gasteiger partial charge in [-0.3, -0.25) is 0 Å². The largest absolute Gasteiger partial charge is 0.377 e. The highest BCUT2D eigenvalue weighted by molar-refractivity contribution is 7.09. The quantitative estimate of drug-likeness (QED) is 0.902. The molecule has 0 bridgehead atoms. The van der Waals surface area contributed by atoms with E-state index in [1.54, 1.807) is 17.5 Å². The fourth-order valence-corrected chi connectivity index (χ4v) is 2.28. The Kier molecular flexibility index (Phi) is 3.58. The van der Waals surface area contributed by atoms with Gasteiger partial charge in [0.25, 0.3) is 0 Å². The summed E-state index contributed by atoms with van der Waals surface area (Å²) in [5.74, 6) is 0.953. The predicted molar refractivity (Wildman–Crippen MR) is 72.7 cm³/mol. The number of aromatic nitrogens is 2. The molecular weight excluding hydrogens is 232 g/mol. The van der Waals surface area contributed by atoms with Crippen LogP contribution in [0.4, 0.5) is 11.5 Å². The molecule has 0 aliphatic rings. The number of aryl methyl sites for hydroxylation is 1. The predicted octanol–water partition coefficient (Wildman–Crippen LogP) is 2.52. The number of anilines is 2. The van der Waals surface area contributed by atoms with Crippen LogP contribution >= 0.6 is 11.3 Å². The van der Waals surface area contributed by atoms with Crippen molar-refractivity contribution in [3.63, 3.8) is 0 Å². The third-order valence-electron chi connectivity index (χ3n) is 2.49. The van der Waals surface area contributed by atoms with E-state index in [2.05, 4.69) is 15.3 Å². The van der Waals surface area contributed by atoms with E-state index in [4.69, 9.17) is 0 Å². The molecule has 2 aromatic rings. The smallest absolute Gasteiger partial charge is 0.151 e. The molecule has 0 amide bonds. The molecule has 0 unspecified atom stereocenters. The molecule has 0 spiro atoms. The van der Waals surface area contributed by atoms with Gasteiger partial charge in [-0.15, -0.1) is 11.3 Å². The molecule has 2 aromatic heterocycles. The summed E-state index contributed by atoms with van der Waals surface area (Å²) in [6, 6.07) is 3.98. The van der Waals surface area contributed by atoms with Crippen molar-refractivity contribution in [1.29, 1.82) is 0 Å². The number of nitrogens with zero attached hydrogens (tertiary/aromatic N) is 3. The molecule has 0 aromatic carbocycles. The van der Waals surface area contributed by atoms with Gasteiger partial charge in [0.05, 0.1) is 23.4 Å². The zero-order valence-corrected chi connectivity index (χ0v) is 11.1. The van der Waals surface area contributed by atoms with Crippen LogP contribution in [0.3, 0.4) is 0 Å². The molecule has 0 aliphatic carbocycles. The van der Waals surface area contributed by atoms with Gasteiger partial charge in [-0.2, -0.15) is 0 Å². The minimum atomic E-state index is 0.795. The van der Waals surface area contributed by atoms with Crippen LogP contribution in [0.25, 0.3) is 0 Å². The molecule has 17 heavy (non-hydrogen) atoms. The Morgan fingerprint density at radius 3 is 2.82 bits per heavy atom. The van der Waals surface area contributed by atoms with Gasteiger partial charge < -0.3 is 10.2 Å². The fourth-order valence-electron chi connectivity index (χ4n) is 1.56. The second-order valence-electron chi connectivity index (χ2n) is 3.98. The van der Waals surface area contributed by atoms with Gasteiger partial charge in [0.1, 0.15) is 0 Å². The van der Waals surface area contributed by atoms with Gasteiger partial charge in [0.15, 0.2) is 5.82 Å². The molecule has 0 saturated heterocycles. The lowest BCUT2D eigenvalue weighted by atomic mass is 10.3. The molecule has 4 nitrogen and oxygen atoms in total. The van der Waals surface area contributed by atoms with Gasteiger partial charge >= 0.3 is 0 Å². The average Bonchev–Trinajstić information content (AvgIpc) is 2.72. The highest BCUT2D eigenvalue weighted by atomic mass is 32.1. The second-order valence-corrected chi connectivity index (χ2v) is 4.92. The standard InChI is InChI=1S/C12H16N4S/c1-9-11(17-8-15-9)7-14-10-5-4-6-13-12(10)16(2)3/h4-6,8,14H,7H2,1-3H3. The van der Waals surface area contributed by atoms with Gasteiger partial charge in [0.2, 0.25) is 0 Å². The highest BCUT2D eigenvalue weighted by Gasteiger charge is 2.06. The Bertz CT molecular complexity index is 493. The van der Waals surface area contributed by atoms with E-state index in [-0.39, 0.29) is 0 Å². The maximum Gasteiger partial charge on any atom is 0.151 e. The maximum atomic E-state index is 4.35. The van der Waals surface area contributed by atoms with Crippen molar-refractivity contribution in [2.75, 3.05) is 24.3 Å². The van der Waals surface area contributed by atoms with Gasteiger partial charge in [-0.25, -0.2) is 9.97 Å². The SMILES string of the molecule is Cc1ncsc1CNc1cccnc1N(C)C. The van der Waals surface area contributed by atoms with Crippen molar-refractivity contribution in [2.45, 2.75) is 13.5 Å². The minimum absolute atomic E-state index is 0.795. The molecule has 90 valence electrons. The molecule has 1 N–H and O–H groups in total. The first-order valence-electron chi connectivity index (χ1n) is 5.43. The molecule has 0 radical (unpaired) electrons. The van der Waals surface area contributed by atoms with Crippen LogP contribution in [0.2, 0.25) is 0 Å². The number of rotatable bonds is 4. The van der Waals surface area contributed by atoms with Crippen LogP contribution in [0.5, 0.6) is 0 Å². The summed E-state index contributed by atoms with van der Waals surface area (Å²) < 4.78 is 0. The first-order valence-corrected chi connectivity index (χ1v) is 6.31. The van der Waals surface area contributed by atoms with Crippen LogP contribution in [-0.4, -0.2) is 24.1 Å². The topological polar surface area (TPSA) is 41.1 Å². The molecule has 0 aliphatic heterocycles. The third-order valence-corrected chi connectivity index (χ3v) is 3.43. The van der Waals surface area contributed by atoms with Crippen LogP contribution in [-0.2, 0) is 6.54 Å². The van der Waals surface area contributed by atoms with Crippen molar-refractivity contribution >= 4 is 22.8 Å². The summed E-state index contributed by atoms with van der Waals surface area (Å²) in [5.41, 5.74) is 4.02. The van der Waals surface area contributed by atoms with Crippen LogP contribution in [0.1, 0.15) is 10.6 Å². The lowest BCUT2D eigenvalue weighted by Crippen LogP contribution is -2.13. The summed E-state index contributed by atoms with van der Waals surface area (Å²) >= 11 is 1.68. The summed E-state index contributed by atoms with van der Waals surface area (Å²) in [7, 11) is 3.98. The Morgan fingerprint density at radius 1 is 1.35 bits per heavy atom. The summed E-state index contributed by atoms with van der Waals surface area (Å²) in [5, 5.41) is 3.40. The first kappa shape index (κ1) is 11.9. The highest BCUT2D eigenvalue weighted by Crippen LogP contribution is 2.22. The number of hydrogen-bond donors (Lipinski definition) is 1. The Labute approximate surface area is 105 Å². The second kappa shape index (κ2) is 5.14. The Balaban J connectivity index is 2.11. The first-order chi connectivity index (χ1) is 8.18. The molecule has 0 saturated carbocycles. The maximum absolute atomic E-state index is 4.35. The molecule has 0 atom stereocenters. The molecule has 2 rings (SSSR count). The van der Waals surface area contributed by atoms with Gasteiger partial charge in [-0.05, 0) is 19.1 Å². The van der Waals surface area contributed by atoms with E-state index in [0.29, 0.717) is 0 Å². The van der Waals surface area contributed by atoms with E-state index in [0.717, 1.165) is 23.7 Å². The Morgan fingerprint density at radius 2 is 2.18 bits per heavy atom. The van der Waals surface area contributed by atoms with Crippen LogP contribution < -0.4 is 10.2 Å². The van der Waals surface area contributed by atoms with E-state index in [1.165, 1.54) is 4.88 Å². The zero-order valence-electron chi connectivity index (χ0n) is 10.3. The molecular formula is C12H16N4S. The van der Waals surface area contributed by atoms with Gasteiger partial charge in [0, 0.05) is 25.2 Å². The summed E-state index contributed by atoms with van der Waals surface area (Å²) in [4.78, 5) is 11.9. The van der Waals surface area contributed by atoms with Crippen molar-refractivity contribution in [3.8, 4) is 0 Å². The number of thiazole rings is 1. The van der Waals surface area contributed by atoms with E-state index >= 15 is 0 Å². The lowest BCUT2D eigenvalue weighted by molar-refractivity contribution is 1.05. The number of nitrogens with one attached hydrogen (secondary N) is 1. The van der Waals surface area contributed by atoms with E-state index in [9.17, 15) is 0 Å². The fraction of sp³-hybridized carbons (Fsp3) is 0.333. The zero-order chi connectivity index (χ0) is 12.3. The van der Waals surface area contributed by atoms with E-state index in [1.807, 2.05) is 43.6 Å². The Hall–Kier alpha value is -1.62. The molecule has 2 heterocycles. The number of pyridine rings is 1. The average molecular weight is 248 g/mol. The monoisotopic (exact) mass is 248 g/mol. The normalized spacial score (nSPS) is 10.3. The van der Waals surface area contributed by atoms with Crippen LogP contribution in [0.15, 0.2) is 23.8 Å². The van der Waals surface area contributed by atoms with E-state index < -0.39 is 0 Å². The van der Waals surface area contributed by atoms with Crippen LogP contribution in [0, 0.1) is 6.92 Å². The molecule has 5 heteroatoms. The number of hydrogen-bond acceptors (Lipinski definition) is 5. The molecule has 0 fully saturated rings. The lowest BCUT2D eigenvalue weighted by Gasteiger charge is -2.16. The van der Waals surface area contributed by atoms with Crippen molar-refractivity contribution in [1.82, 2.24) is 9.97 Å². The van der Waals surface area contributed by atoms with Crippen molar-refractivity contribution in [2.24, 2.45) is 0 Å². The van der Waals surface area contributed by atoms with Gasteiger partial charge in [-0.1, -0.05) is 0 Å².